The lowest BCUT2D eigenvalue weighted by molar-refractivity contribution is -0.385. The lowest BCUT2D eigenvalue weighted by Crippen LogP contribution is -2.05. The molecule has 0 bridgehead atoms. The number of hydrogen-bond donors (Lipinski definition) is 1. The van der Waals surface area contributed by atoms with Gasteiger partial charge in [-0.25, -0.2) is 0 Å². The summed E-state index contributed by atoms with van der Waals surface area (Å²) in [6.07, 6.45) is 0. The Morgan fingerprint density at radius 1 is 1.20 bits per heavy atom. The third-order valence-electron chi connectivity index (χ3n) is 3.17. The predicted molar refractivity (Wildman–Crippen MR) is 81.3 cm³/mol. The fourth-order valence-electron chi connectivity index (χ4n) is 2.15. The van der Waals surface area contributed by atoms with Gasteiger partial charge in [0.2, 0.25) is 0 Å². The molecule has 0 aliphatic heterocycles. The standard InChI is InChI=1S/C15H15ClN2O2/c1-10-4-3-5-11(2)15(10)17-9-12-8-13(16)6-7-14(12)18(19)20/h3-8,17H,9H2,1-2H3. The fourth-order valence-corrected chi connectivity index (χ4v) is 2.35. The van der Waals surface area contributed by atoms with E-state index in [1.54, 1.807) is 6.07 Å². The molecule has 4 nitrogen and oxygen atoms in total. The summed E-state index contributed by atoms with van der Waals surface area (Å²) in [6, 6.07) is 10.6. The molecule has 2 aromatic rings. The van der Waals surface area contributed by atoms with E-state index in [-0.39, 0.29) is 5.69 Å². The predicted octanol–water partition coefficient (Wildman–Crippen LogP) is 4.48. The van der Waals surface area contributed by atoms with E-state index in [4.69, 9.17) is 11.6 Å². The van der Waals surface area contributed by atoms with Crippen LogP contribution < -0.4 is 5.32 Å². The summed E-state index contributed by atoms with van der Waals surface area (Å²) >= 11 is 5.92. The first-order chi connectivity index (χ1) is 9.49. The summed E-state index contributed by atoms with van der Waals surface area (Å²) in [4.78, 5) is 10.6. The van der Waals surface area contributed by atoms with Gasteiger partial charge in [0.05, 0.1) is 10.5 Å². The number of para-hydroxylation sites is 1. The molecule has 0 amide bonds. The van der Waals surface area contributed by atoms with Crippen molar-refractivity contribution >= 4 is 23.0 Å². The van der Waals surface area contributed by atoms with Gasteiger partial charge in [-0.05, 0) is 37.1 Å². The number of hydrogen-bond acceptors (Lipinski definition) is 3. The minimum Gasteiger partial charge on any atom is -0.380 e. The topological polar surface area (TPSA) is 55.2 Å². The maximum absolute atomic E-state index is 11.0. The quantitative estimate of drug-likeness (QED) is 0.667. The van der Waals surface area contributed by atoms with Crippen molar-refractivity contribution in [1.29, 1.82) is 0 Å². The molecule has 1 N–H and O–H groups in total. The molecule has 0 aliphatic rings. The molecule has 104 valence electrons. The number of nitro groups is 1. The van der Waals surface area contributed by atoms with E-state index in [2.05, 4.69) is 5.32 Å². The molecule has 0 heterocycles. The van der Waals surface area contributed by atoms with Crippen LogP contribution >= 0.6 is 11.6 Å². The molecule has 0 saturated carbocycles. The van der Waals surface area contributed by atoms with Gasteiger partial charge in [-0.1, -0.05) is 29.8 Å². The first-order valence-electron chi connectivity index (χ1n) is 6.22. The van der Waals surface area contributed by atoms with Crippen LogP contribution in [0.25, 0.3) is 0 Å². The van der Waals surface area contributed by atoms with Crippen molar-refractivity contribution in [2.24, 2.45) is 0 Å². The van der Waals surface area contributed by atoms with Crippen LogP contribution in [0.2, 0.25) is 5.02 Å². The average molecular weight is 291 g/mol. The molecule has 5 heteroatoms. The van der Waals surface area contributed by atoms with Gasteiger partial charge in [0.1, 0.15) is 0 Å². The first-order valence-corrected chi connectivity index (χ1v) is 6.59. The summed E-state index contributed by atoms with van der Waals surface area (Å²) in [7, 11) is 0. The first kappa shape index (κ1) is 14.3. The van der Waals surface area contributed by atoms with Crippen molar-refractivity contribution in [3.8, 4) is 0 Å². The van der Waals surface area contributed by atoms with Gasteiger partial charge in [0, 0.05) is 23.3 Å². The summed E-state index contributed by atoms with van der Waals surface area (Å²) in [5, 5.41) is 14.8. The smallest absolute Gasteiger partial charge is 0.274 e. The second-order valence-corrected chi connectivity index (χ2v) is 5.09. The van der Waals surface area contributed by atoms with Gasteiger partial charge >= 0.3 is 0 Å². The normalized spacial score (nSPS) is 10.3. The highest BCUT2D eigenvalue weighted by molar-refractivity contribution is 6.30. The van der Waals surface area contributed by atoms with Crippen molar-refractivity contribution in [2.45, 2.75) is 20.4 Å². The van der Waals surface area contributed by atoms with E-state index in [0.717, 1.165) is 16.8 Å². The molecule has 0 saturated heterocycles. The SMILES string of the molecule is Cc1cccc(C)c1NCc1cc(Cl)ccc1[N+](=O)[O-]. The maximum Gasteiger partial charge on any atom is 0.274 e. The zero-order chi connectivity index (χ0) is 14.7. The van der Waals surface area contributed by atoms with Gasteiger partial charge < -0.3 is 5.32 Å². The van der Waals surface area contributed by atoms with Crippen LogP contribution in [0.5, 0.6) is 0 Å². The van der Waals surface area contributed by atoms with Gasteiger partial charge in [-0.2, -0.15) is 0 Å². The van der Waals surface area contributed by atoms with Crippen LogP contribution in [0.15, 0.2) is 36.4 Å². The molecule has 0 radical (unpaired) electrons. The van der Waals surface area contributed by atoms with E-state index in [1.165, 1.54) is 12.1 Å². The van der Waals surface area contributed by atoms with E-state index >= 15 is 0 Å². The fraction of sp³-hybridized carbons (Fsp3) is 0.200. The Hall–Kier alpha value is -2.07. The average Bonchev–Trinajstić information content (AvgIpc) is 2.37. The summed E-state index contributed by atoms with van der Waals surface area (Å²) < 4.78 is 0. The lowest BCUT2D eigenvalue weighted by Gasteiger charge is -2.12. The summed E-state index contributed by atoms with van der Waals surface area (Å²) in [6.45, 7) is 4.37. The van der Waals surface area contributed by atoms with E-state index in [0.29, 0.717) is 17.1 Å². The molecule has 0 aliphatic carbocycles. The van der Waals surface area contributed by atoms with Gasteiger partial charge in [-0.3, -0.25) is 10.1 Å². The Labute approximate surface area is 122 Å². The van der Waals surface area contributed by atoms with E-state index in [1.807, 2.05) is 32.0 Å². The van der Waals surface area contributed by atoms with Crippen molar-refractivity contribution in [1.82, 2.24) is 0 Å². The monoisotopic (exact) mass is 290 g/mol. The number of nitrogens with one attached hydrogen (secondary N) is 1. The highest BCUT2D eigenvalue weighted by Crippen LogP contribution is 2.25. The Kier molecular flexibility index (Phi) is 4.25. The minimum atomic E-state index is -0.391. The van der Waals surface area contributed by atoms with Gasteiger partial charge in [0.25, 0.3) is 5.69 Å². The third kappa shape index (κ3) is 3.08. The van der Waals surface area contributed by atoms with Crippen LogP contribution in [0, 0.1) is 24.0 Å². The highest BCUT2D eigenvalue weighted by Gasteiger charge is 2.14. The number of rotatable bonds is 4. The minimum absolute atomic E-state index is 0.0770. The second-order valence-electron chi connectivity index (χ2n) is 4.65. The van der Waals surface area contributed by atoms with Crippen molar-refractivity contribution in [3.63, 3.8) is 0 Å². The zero-order valence-corrected chi connectivity index (χ0v) is 12.1. The van der Waals surface area contributed by atoms with Crippen LogP contribution in [0.4, 0.5) is 11.4 Å². The molecule has 0 aromatic heterocycles. The Morgan fingerprint density at radius 3 is 2.45 bits per heavy atom. The van der Waals surface area contributed by atoms with Gasteiger partial charge in [0.15, 0.2) is 0 Å². The largest absolute Gasteiger partial charge is 0.380 e. The van der Waals surface area contributed by atoms with Crippen molar-refractivity contribution in [3.05, 3.63) is 68.2 Å². The molecular weight excluding hydrogens is 276 g/mol. The molecule has 20 heavy (non-hydrogen) atoms. The highest BCUT2D eigenvalue weighted by atomic mass is 35.5. The molecule has 2 rings (SSSR count). The molecule has 0 spiro atoms. The third-order valence-corrected chi connectivity index (χ3v) is 3.41. The molecule has 0 unspecified atom stereocenters. The molecule has 2 aromatic carbocycles. The molecule has 0 atom stereocenters. The van der Waals surface area contributed by atoms with Gasteiger partial charge in [-0.15, -0.1) is 0 Å². The van der Waals surface area contributed by atoms with Crippen LogP contribution in [-0.4, -0.2) is 4.92 Å². The zero-order valence-electron chi connectivity index (χ0n) is 11.3. The second kappa shape index (κ2) is 5.92. The molecular formula is C15H15ClN2O2. The number of aryl methyl sites for hydroxylation is 2. The van der Waals surface area contributed by atoms with Crippen molar-refractivity contribution < 1.29 is 4.92 Å². The Balaban J connectivity index is 2.27. The number of benzene rings is 2. The summed E-state index contributed by atoms with van der Waals surface area (Å²) in [5.74, 6) is 0. The van der Waals surface area contributed by atoms with Crippen LogP contribution in [-0.2, 0) is 6.54 Å². The van der Waals surface area contributed by atoms with Crippen LogP contribution in [0.3, 0.4) is 0 Å². The van der Waals surface area contributed by atoms with E-state index < -0.39 is 4.92 Å². The van der Waals surface area contributed by atoms with Crippen molar-refractivity contribution in [2.75, 3.05) is 5.32 Å². The van der Waals surface area contributed by atoms with E-state index in [9.17, 15) is 10.1 Å². The molecule has 0 fully saturated rings. The number of halogens is 1. The maximum atomic E-state index is 11.0. The number of anilines is 1. The Morgan fingerprint density at radius 2 is 1.85 bits per heavy atom. The number of nitro benzene ring substituents is 1. The lowest BCUT2D eigenvalue weighted by atomic mass is 10.1. The Bertz CT molecular complexity index is 636. The number of nitrogens with zero attached hydrogens (tertiary/aromatic N) is 1. The summed E-state index contributed by atoms with van der Waals surface area (Å²) in [5.41, 5.74) is 3.87. The van der Waals surface area contributed by atoms with Crippen LogP contribution in [0.1, 0.15) is 16.7 Å².